The minimum absolute atomic E-state index is 0.409. The van der Waals surface area contributed by atoms with Gasteiger partial charge in [0.2, 0.25) is 0 Å². The van der Waals surface area contributed by atoms with Gasteiger partial charge in [0, 0.05) is 26.1 Å². The molecule has 1 aromatic heterocycles. The summed E-state index contributed by atoms with van der Waals surface area (Å²) in [7, 11) is 0. The highest BCUT2D eigenvalue weighted by atomic mass is 32.1. The van der Waals surface area contributed by atoms with Crippen LogP contribution in [0.1, 0.15) is 30.4 Å². The number of hydrogen-bond acceptors (Lipinski definition) is 1. The summed E-state index contributed by atoms with van der Waals surface area (Å²) in [5.41, 5.74) is 5.39. The predicted molar refractivity (Wildman–Crippen MR) is 123 cm³/mol. The molecule has 0 bridgehead atoms. The van der Waals surface area contributed by atoms with Crippen LogP contribution in [0.3, 0.4) is 0 Å². The van der Waals surface area contributed by atoms with E-state index >= 15 is 0 Å². The van der Waals surface area contributed by atoms with Gasteiger partial charge in [-0.05, 0) is 40.8 Å². The summed E-state index contributed by atoms with van der Waals surface area (Å²) in [5.74, 6) is 0.409. The molecule has 136 valence electrons. The van der Waals surface area contributed by atoms with Crippen molar-refractivity contribution in [3.63, 3.8) is 0 Å². The van der Waals surface area contributed by atoms with Crippen molar-refractivity contribution in [3.8, 4) is 11.1 Å². The van der Waals surface area contributed by atoms with Gasteiger partial charge < -0.3 is 0 Å². The molecular formula is C27H22S. The van der Waals surface area contributed by atoms with E-state index in [1.807, 2.05) is 11.3 Å². The maximum Gasteiger partial charge on any atom is 0.0358 e. The molecule has 5 aromatic rings. The predicted octanol–water partition coefficient (Wildman–Crippen LogP) is 8.26. The number of rotatable bonds is 4. The van der Waals surface area contributed by atoms with Gasteiger partial charge in [-0.3, -0.25) is 0 Å². The summed E-state index contributed by atoms with van der Waals surface area (Å²) in [6, 6.07) is 35.3. The van der Waals surface area contributed by atoms with E-state index in [0.29, 0.717) is 5.92 Å². The van der Waals surface area contributed by atoms with Crippen LogP contribution in [0.2, 0.25) is 0 Å². The fraction of sp³-hybridized carbons (Fsp3) is 0.111. The average molecular weight is 379 g/mol. The molecule has 4 aromatic carbocycles. The van der Waals surface area contributed by atoms with Crippen LogP contribution in [0, 0.1) is 0 Å². The molecule has 0 saturated carbocycles. The molecule has 0 aliphatic heterocycles. The third kappa shape index (κ3) is 2.93. The van der Waals surface area contributed by atoms with E-state index in [4.69, 9.17) is 0 Å². The highest BCUT2D eigenvalue weighted by Gasteiger charge is 2.18. The standard InChI is InChI=1S/C27H22S/c1-2-22(21-17-15-20(16-18-21)19-9-4-3-5-10-19)23-12-8-14-26-27(23)24-11-6-7-13-25(24)28-26/h3-18,22H,2H2,1H3. The summed E-state index contributed by atoms with van der Waals surface area (Å²) in [5, 5.41) is 2.82. The van der Waals surface area contributed by atoms with E-state index in [9.17, 15) is 0 Å². The maximum absolute atomic E-state index is 2.32. The van der Waals surface area contributed by atoms with E-state index in [2.05, 4.69) is 104 Å². The summed E-state index contributed by atoms with van der Waals surface area (Å²) in [4.78, 5) is 0. The maximum atomic E-state index is 2.32. The lowest BCUT2D eigenvalue weighted by atomic mass is 9.86. The normalized spacial score (nSPS) is 12.5. The van der Waals surface area contributed by atoms with Gasteiger partial charge in [0.25, 0.3) is 0 Å². The molecule has 0 saturated heterocycles. The molecule has 5 rings (SSSR count). The quantitative estimate of drug-likeness (QED) is 0.295. The molecule has 0 amide bonds. The number of benzene rings is 4. The van der Waals surface area contributed by atoms with Gasteiger partial charge in [0.15, 0.2) is 0 Å². The topological polar surface area (TPSA) is 0 Å². The van der Waals surface area contributed by atoms with E-state index in [1.165, 1.54) is 42.4 Å². The second-order valence-electron chi connectivity index (χ2n) is 7.27. The Kier molecular flexibility index (Phi) is 4.46. The molecular weight excluding hydrogens is 356 g/mol. The molecule has 0 aliphatic rings. The lowest BCUT2D eigenvalue weighted by Crippen LogP contribution is -2.00. The molecule has 1 heterocycles. The number of hydrogen-bond donors (Lipinski definition) is 0. The van der Waals surface area contributed by atoms with Gasteiger partial charge in [-0.1, -0.05) is 91.9 Å². The van der Waals surface area contributed by atoms with Crippen molar-refractivity contribution in [2.75, 3.05) is 0 Å². The molecule has 1 atom stereocenters. The first-order valence-electron chi connectivity index (χ1n) is 9.90. The van der Waals surface area contributed by atoms with Crippen LogP contribution in [0.25, 0.3) is 31.3 Å². The fourth-order valence-electron chi connectivity index (χ4n) is 4.27. The van der Waals surface area contributed by atoms with Gasteiger partial charge in [-0.25, -0.2) is 0 Å². The Balaban J connectivity index is 1.62. The molecule has 0 spiro atoms. The lowest BCUT2D eigenvalue weighted by Gasteiger charge is -2.18. The lowest BCUT2D eigenvalue weighted by molar-refractivity contribution is 0.784. The Hall–Kier alpha value is -2.90. The number of thiophene rings is 1. The Labute approximate surface area is 170 Å². The Morgan fingerprint density at radius 1 is 0.643 bits per heavy atom. The van der Waals surface area contributed by atoms with Crippen molar-refractivity contribution in [1.82, 2.24) is 0 Å². The van der Waals surface area contributed by atoms with Crippen LogP contribution in [0.4, 0.5) is 0 Å². The Morgan fingerprint density at radius 2 is 1.32 bits per heavy atom. The third-order valence-corrected chi connectivity index (χ3v) is 6.77. The minimum atomic E-state index is 0.409. The summed E-state index contributed by atoms with van der Waals surface area (Å²) in [6.07, 6.45) is 1.09. The van der Waals surface area contributed by atoms with E-state index < -0.39 is 0 Å². The molecule has 1 heteroatoms. The highest BCUT2D eigenvalue weighted by molar-refractivity contribution is 7.25. The molecule has 0 aliphatic carbocycles. The monoisotopic (exact) mass is 378 g/mol. The zero-order chi connectivity index (χ0) is 18.9. The van der Waals surface area contributed by atoms with Gasteiger partial charge in [0.05, 0.1) is 0 Å². The smallest absolute Gasteiger partial charge is 0.0358 e. The van der Waals surface area contributed by atoms with Gasteiger partial charge in [-0.2, -0.15) is 0 Å². The van der Waals surface area contributed by atoms with Crippen molar-refractivity contribution in [2.45, 2.75) is 19.3 Å². The average Bonchev–Trinajstić information content (AvgIpc) is 3.15. The van der Waals surface area contributed by atoms with E-state index in [-0.39, 0.29) is 0 Å². The summed E-state index contributed by atoms with van der Waals surface area (Å²) in [6.45, 7) is 2.29. The largest absolute Gasteiger partial charge is 0.135 e. The number of fused-ring (bicyclic) bond motifs is 3. The fourth-order valence-corrected chi connectivity index (χ4v) is 5.41. The first-order chi connectivity index (χ1) is 13.8. The van der Waals surface area contributed by atoms with Crippen LogP contribution in [-0.2, 0) is 0 Å². The first kappa shape index (κ1) is 17.2. The third-order valence-electron chi connectivity index (χ3n) is 5.64. The zero-order valence-electron chi connectivity index (χ0n) is 15.9. The van der Waals surface area contributed by atoms with Crippen molar-refractivity contribution in [2.24, 2.45) is 0 Å². The SMILES string of the molecule is CCC(c1ccc(-c2ccccc2)cc1)c1cccc2sc3ccccc3c12. The van der Waals surface area contributed by atoms with Gasteiger partial charge in [0.1, 0.15) is 0 Å². The van der Waals surface area contributed by atoms with Crippen LogP contribution in [0.5, 0.6) is 0 Å². The van der Waals surface area contributed by atoms with Crippen LogP contribution >= 0.6 is 11.3 Å². The van der Waals surface area contributed by atoms with Gasteiger partial charge >= 0.3 is 0 Å². The van der Waals surface area contributed by atoms with Gasteiger partial charge in [-0.15, -0.1) is 11.3 Å². The Bertz CT molecular complexity index is 1230. The molecule has 0 fully saturated rings. The van der Waals surface area contributed by atoms with Crippen molar-refractivity contribution < 1.29 is 0 Å². The van der Waals surface area contributed by atoms with Crippen molar-refractivity contribution >= 4 is 31.5 Å². The zero-order valence-corrected chi connectivity index (χ0v) is 16.7. The molecule has 0 N–H and O–H groups in total. The van der Waals surface area contributed by atoms with Crippen LogP contribution < -0.4 is 0 Å². The molecule has 1 unspecified atom stereocenters. The molecule has 28 heavy (non-hydrogen) atoms. The molecule has 0 radical (unpaired) electrons. The van der Waals surface area contributed by atoms with E-state index in [1.54, 1.807) is 0 Å². The van der Waals surface area contributed by atoms with Crippen LogP contribution in [-0.4, -0.2) is 0 Å². The Morgan fingerprint density at radius 3 is 2.11 bits per heavy atom. The molecule has 0 nitrogen and oxygen atoms in total. The summed E-state index contributed by atoms with van der Waals surface area (Å²) < 4.78 is 2.76. The second kappa shape index (κ2) is 7.26. The minimum Gasteiger partial charge on any atom is -0.135 e. The summed E-state index contributed by atoms with van der Waals surface area (Å²) >= 11 is 1.90. The van der Waals surface area contributed by atoms with Crippen LogP contribution in [0.15, 0.2) is 97.1 Å². The first-order valence-corrected chi connectivity index (χ1v) is 10.7. The van der Waals surface area contributed by atoms with Crippen molar-refractivity contribution in [1.29, 1.82) is 0 Å². The highest BCUT2D eigenvalue weighted by Crippen LogP contribution is 2.41. The second-order valence-corrected chi connectivity index (χ2v) is 8.35. The van der Waals surface area contributed by atoms with Crippen molar-refractivity contribution in [3.05, 3.63) is 108 Å². The van der Waals surface area contributed by atoms with E-state index in [0.717, 1.165) is 6.42 Å².